The van der Waals surface area contributed by atoms with Crippen LogP contribution in [0.4, 0.5) is 5.69 Å². The predicted octanol–water partition coefficient (Wildman–Crippen LogP) is 4.13. The molecule has 1 aliphatic rings. The van der Waals surface area contributed by atoms with Crippen molar-refractivity contribution in [1.29, 1.82) is 0 Å². The number of likely N-dealkylation sites (N-methyl/N-ethyl adjacent to an activating group) is 1. The maximum atomic E-state index is 12.9. The van der Waals surface area contributed by atoms with Gasteiger partial charge in [0.2, 0.25) is 0 Å². The van der Waals surface area contributed by atoms with Gasteiger partial charge in [-0.15, -0.1) is 0 Å². The summed E-state index contributed by atoms with van der Waals surface area (Å²) in [4.78, 5) is 19.1. The molecular weight excluding hydrogens is 350 g/mol. The van der Waals surface area contributed by atoms with Crippen molar-refractivity contribution in [2.45, 2.75) is 25.9 Å². The highest BCUT2D eigenvalue weighted by Crippen LogP contribution is 2.27. The van der Waals surface area contributed by atoms with Crippen molar-refractivity contribution in [2.24, 2.45) is 0 Å². The molecule has 5 nitrogen and oxygen atoms in total. The van der Waals surface area contributed by atoms with E-state index in [1.54, 1.807) is 12.3 Å². The summed E-state index contributed by atoms with van der Waals surface area (Å²) in [7, 11) is 0. The highest BCUT2D eigenvalue weighted by molar-refractivity contribution is 5.96. The molecule has 0 unspecified atom stereocenters. The molecule has 1 aromatic heterocycles. The van der Waals surface area contributed by atoms with Gasteiger partial charge < -0.3 is 15.4 Å². The zero-order chi connectivity index (χ0) is 19.5. The number of aromatic nitrogens is 1. The molecule has 0 aliphatic carbocycles. The number of carbonyl (C=O) groups is 1. The first-order valence-corrected chi connectivity index (χ1v) is 9.81. The summed E-state index contributed by atoms with van der Waals surface area (Å²) in [6, 6.07) is 15.6. The monoisotopic (exact) mass is 375 g/mol. The lowest BCUT2D eigenvalue weighted by Crippen LogP contribution is -2.37. The molecule has 0 radical (unpaired) electrons. The first-order valence-electron chi connectivity index (χ1n) is 9.81. The Morgan fingerprint density at radius 2 is 1.96 bits per heavy atom. The fourth-order valence-corrected chi connectivity index (χ4v) is 3.72. The minimum atomic E-state index is 0.0523. The molecule has 2 heterocycles. The molecule has 5 heteroatoms. The summed E-state index contributed by atoms with van der Waals surface area (Å²) in [5.41, 5.74) is 10.5. The van der Waals surface area contributed by atoms with E-state index in [1.807, 2.05) is 54.3 Å². The van der Waals surface area contributed by atoms with E-state index in [2.05, 4.69) is 4.98 Å². The van der Waals surface area contributed by atoms with E-state index in [-0.39, 0.29) is 12.0 Å². The van der Waals surface area contributed by atoms with E-state index < -0.39 is 0 Å². The number of ether oxygens (including phenoxy) is 1. The van der Waals surface area contributed by atoms with Crippen molar-refractivity contribution in [2.75, 3.05) is 25.4 Å². The zero-order valence-electron chi connectivity index (χ0n) is 16.1. The topological polar surface area (TPSA) is 68.5 Å². The molecule has 2 N–H and O–H groups in total. The standard InChI is InChI=1S/C23H25N3O2/c1-2-26(15-19-4-3-13-28-19)23(27)17-7-5-16(6-8-17)18-9-10-22-20(14-18)21(24)11-12-25-22/h5-12,14,19H,2-4,13,15H2,1H3,(H2,24,25)/t19-/m0/s1. The van der Waals surface area contributed by atoms with Crippen molar-refractivity contribution >= 4 is 22.5 Å². The smallest absolute Gasteiger partial charge is 0.253 e. The van der Waals surface area contributed by atoms with Gasteiger partial charge in [-0.2, -0.15) is 0 Å². The third kappa shape index (κ3) is 3.71. The van der Waals surface area contributed by atoms with Crippen LogP contribution in [0.3, 0.4) is 0 Å². The van der Waals surface area contributed by atoms with E-state index in [9.17, 15) is 4.79 Å². The fourth-order valence-electron chi connectivity index (χ4n) is 3.72. The first kappa shape index (κ1) is 18.4. The molecule has 3 aromatic rings. The summed E-state index contributed by atoms with van der Waals surface area (Å²) in [6.07, 6.45) is 3.99. The van der Waals surface area contributed by atoms with Crippen LogP contribution in [0, 0.1) is 0 Å². The second-order valence-electron chi connectivity index (χ2n) is 7.19. The largest absolute Gasteiger partial charge is 0.398 e. The van der Waals surface area contributed by atoms with Crippen LogP contribution in [-0.2, 0) is 4.74 Å². The molecule has 0 spiro atoms. The summed E-state index contributed by atoms with van der Waals surface area (Å²) in [6.45, 7) is 4.15. The first-order chi connectivity index (χ1) is 13.7. The van der Waals surface area contributed by atoms with E-state index in [0.717, 1.165) is 41.5 Å². The Bertz CT molecular complexity index is 979. The van der Waals surface area contributed by atoms with Gasteiger partial charge in [0, 0.05) is 42.5 Å². The van der Waals surface area contributed by atoms with Crippen LogP contribution < -0.4 is 5.73 Å². The summed E-state index contributed by atoms with van der Waals surface area (Å²) in [5, 5.41) is 0.939. The highest BCUT2D eigenvalue weighted by atomic mass is 16.5. The highest BCUT2D eigenvalue weighted by Gasteiger charge is 2.22. The van der Waals surface area contributed by atoms with Crippen LogP contribution in [0.25, 0.3) is 22.0 Å². The van der Waals surface area contributed by atoms with Crippen LogP contribution in [-0.4, -0.2) is 41.6 Å². The summed E-state index contributed by atoms with van der Waals surface area (Å²) >= 11 is 0. The number of hydrogen-bond donors (Lipinski definition) is 1. The van der Waals surface area contributed by atoms with Gasteiger partial charge >= 0.3 is 0 Å². The normalized spacial score (nSPS) is 16.4. The van der Waals surface area contributed by atoms with Crippen LogP contribution in [0.1, 0.15) is 30.1 Å². The molecule has 4 rings (SSSR count). The Balaban J connectivity index is 1.54. The van der Waals surface area contributed by atoms with Crippen molar-refractivity contribution in [3.63, 3.8) is 0 Å². The Morgan fingerprint density at radius 3 is 2.68 bits per heavy atom. The lowest BCUT2D eigenvalue weighted by Gasteiger charge is -2.24. The number of carbonyl (C=O) groups excluding carboxylic acids is 1. The second kappa shape index (κ2) is 7.98. The van der Waals surface area contributed by atoms with Gasteiger partial charge in [0.25, 0.3) is 5.91 Å². The Morgan fingerprint density at radius 1 is 1.18 bits per heavy atom. The number of pyridine rings is 1. The molecule has 2 aromatic carbocycles. The van der Waals surface area contributed by atoms with Crippen LogP contribution in [0.2, 0.25) is 0 Å². The van der Waals surface area contributed by atoms with Gasteiger partial charge in [-0.25, -0.2) is 0 Å². The number of benzene rings is 2. The van der Waals surface area contributed by atoms with Crippen molar-refractivity contribution < 1.29 is 9.53 Å². The third-order valence-corrected chi connectivity index (χ3v) is 5.36. The Labute approximate surface area is 165 Å². The van der Waals surface area contributed by atoms with Crippen molar-refractivity contribution in [3.05, 3.63) is 60.3 Å². The fraction of sp³-hybridized carbons (Fsp3) is 0.304. The average Bonchev–Trinajstić information content (AvgIpc) is 3.25. The number of nitrogen functional groups attached to an aromatic ring is 1. The quantitative estimate of drug-likeness (QED) is 0.728. The molecule has 0 bridgehead atoms. The molecule has 144 valence electrons. The third-order valence-electron chi connectivity index (χ3n) is 5.36. The van der Waals surface area contributed by atoms with Crippen molar-refractivity contribution in [3.8, 4) is 11.1 Å². The van der Waals surface area contributed by atoms with Crippen LogP contribution in [0.15, 0.2) is 54.7 Å². The summed E-state index contributed by atoms with van der Waals surface area (Å²) < 4.78 is 5.68. The number of nitrogens with two attached hydrogens (primary N) is 1. The molecular formula is C23H25N3O2. The summed E-state index contributed by atoms with van der Waals surface area (Å²) in [5.74, 6) is 0.0523. The number of nitrogens with zero attached hydrogens (tertiary/aromatic N) is 2. The Hall–Kier alpha value is -2.92. The van der Waals surface area contributed by atoms with E-state index in [1.165, 1.54) is 0 Å². The Kier molecular flexibility index (Phi) is 5.26. The van der Waals surface area contributed by atoms with Gasteiger partial charge in [0.15, 0.2) is 0 Å². The minimum Gasteiger partial charge on any atom is -0.398 e. The van der Waals surface area contributed by atoms with Gasteiger partial charge in [-0.05, 0) is 61.2 Å². The predicted molar refractivity (Wildman–Crippen MR) is 112 cm³/mol. The lowest BCUT2D eigenvalue weighted by atomic mass is 10.0. The molecule has 0 saturated carbocycles. The SMILES string of the molecule is CCN(C[C@@H]1CCCO1)C(=O)c1ccc(-c2ccc3nccc(N)c3c2)cc1. The molecule has 1 atom stereocenters. The molecule has 1 aliphatic heterocycles. The molecule has 1 fully saturated rings. The number of amides is 1. The van der Waals surface area contributed by atoms with Crippen LogP contribution in [0.5, 0.6) is 0 Å². The average molecular weight is 375 g/mol. The molecule has 28 heavy (non-hydrogen) atoms. The molecule has 1 amide bonds. The second-order valence-corrected chi connectivity index (χ2v) is 7.19. The van der Waals surface area contributed by atoms with Gasteiger partial charge in [-0.1, -0.05) is 18.2 Å². The van der Waals surface area contributed by atoms with Gasteiger partial charge in [-0.3, -0.25) is 9.78 Å². The number of anilines is 1. The maximum absolute atomic E-state index is 12.9. The van der Waals surface area contributed by atoms with Gasteiger partial charge in [0.1, 0.15) is 0 Å². The molecule has 1 saturated heterocycles. The maximum Gasteiger partial charge on any atom is 0.253 e. The van der Waals surface area contributed by atoms with Crippen molar-refractivity contribution in [1.82, 2.24) is 9.88 Å². The van der Waals surface area contributed by atoms with Crippen LogP contribution >= 0.6 is 0 Å². The van der Waals surface area contributed by atoms with E-state index in [4.69, 9.17) is 10.5 Å². The number of hydrogen-bond acceptors (Lipinski definition) is 4. The van der Waals surface area contributed by atoms with E-state index in [0.29, 0.717) is 24.3 Å². The minimum absolute atomic E-state index is 0.0523. The van der Waals surface area contributed by atoms with E-state index >= 15 is 0 Å². The van der Waals surface area contributed by atoms with Gasteiger partial charge in [0.05, 0.1) is 11.6 Å². The number of rotatable bonds is 5. The number of fused-ring (bicyclic) bond motifs is 1. The zero-order valence-corrected chi connectivity index (χ0v) is 16.1. The lowest BCUT2D eigenvalue weighted by molar-refractivity contribution is 0.0539.